The predicted octanol–water partition coefficient (Wildman–Crippen LogP) is 0.745. The van der Waals surface area contributed by atoms with Crippen LogP contribution in [0, 0.1) is 17.2 Å². The minimum Gasteiger partial charge on any atom is -0.341 e. The second-order valence-electron chi connectivity index (χ2n) is 4.36. The molecule has 0 aromatic rings. The van der Waals surface area contributed by atoms with Crippen molar-refractivity contribution in [1.82, 2.24) is 10.2 Å². The number of carbonyl (C=O) groups is 1. The van der Waals surface area contributed by atoms with Gasteiger partial charge in [0.25, 0.3) is 0 Å². The number of rotatable bonds is 3. The van der Waals surface area contributed by atoms with E-state index >= 15 is 0 Å². The average Bonchev–Trinajstić information content (AvgIpc) is 2.62. The van der Waals surface area contributed by atoms with Crippen LogP contribution in [-0.4, -0.2) is 36.5 Å². The van der Waals surface area contributed by atoms with Gasteiger partial charge in [0.15, 0.2) is 0 Å². The molecule has 1 heterocycles. The van der Waals surface area contributed by atoms with Gasteiger partial charge in [0.1, 0.15) is 0 Å². The first kappa shape index (κ1) is 12.0. The van der Waals surface area contributed by atoms with Gasteiger partial charge in [-0.2, -0.15) is 5.26 Å². The minimum atomic E-state index is -0.0591. The highest BCUT2D eigenvalue weighted by molar-refractivity contribution is 5.82. The van der Waals surface area contributed by atoms with E-state index in [1.165, 1.54) is 0 Å². The maximum absolute atomic E-state index is 12.0. The third kappa shape index (κ3) is 2.69. The smallest absolute Gasteiger partial charge is 0.239 e. The van der Waals surface area contributed by atoms with Crippen molar-refractivity contribution in [1.29, 1.82) is 5.26 Å². The highest BCUT2D eigenvalue weighted by atomic mass is 16.2. The Labute approximate surface area is 91.2 Å². The van der Waals surface area contributed by atoms with Crippen molar-refractivity contribution in [3.05, 3.63) is 0 Å². The molecule has 3 atom stereocenters. The fourth-order valence-corrected chi connectivity index (χ4v) is 1.87. The summed E-state index contributed by atoms with van der Waals surface area (Å²) in [5.41, 5.74) is 0. The molecule has 0 aliphatic carbocycles. The summed E-state index contributed by atoms with van der Waals surface area (Å²) < 4.78 is 0. The normalized spacial score (nSPS) is 27.1. The molecular formula is C11H19N3O. The summed E-state index contributed by atoms with van der Waals surface area (Å²) in [5.74, 6) is 0.511. The first-order chi connectivity index (χ1) is 7.07. The van der Waals surface area contributed by atoms with Gasteiger partial charge in [-0.15, -0.1) is 0 Å². The van der Waals surface area contributed by atoms with Crippen LogP contribution in [-0.2, 0) is 4.79 Å². The van der Waals surface area contributed by atoms with Crippen LogP contribution >= 0.6 is 0 Å². The fourth-order valence-electron chi connectivity index (χ4n) is 1.87. The van der Waals surface area contributed by atoms with Crippen LogP contribution in [0.3, 0.4) is 0 Å². The van der Waals surface area contributed by atoms with Crippen LogP contribution in [0.1, 0.15) is 26.7 Å². The van der Waals surface area contributed by atoms with Crippen molar-refractivity contribution in [2.24, 2.45) is 5.92 Å². The van der Waals surface area contributed by atoms with Gasteiger partial charge < -0.3 is 10.2 Å². The Morgan fingerprint density at radius 2 is 2.40 bits per heavy atom. The van der Waals surface area contributed by atoms with E-state index in [9.17, 15) is 4.79 Å². The zero-order valence-corrected chi connectivity index (χ0v) is 9.66. The topological polar surface area (TPSA) is 56.1 Å². The standard InChI is InChI=1S/C11H19N3O/c1-8-5-7-13-10(8)11(15)14(3)9(2)4-6-12/h8-10,13H,4-5,7H2,1-3H3. The molecule has 0 aromatic heterocycles. The molecule has 0 spiro atoms. The number of hydrogen-bond acceptors (Lipinski definition) is 3. The van der Waals surface area contributed by atoms with Crippen LogP contribution < -0.4 is 5.32 Å². The first-order valence-electron chi connectivity index (χ1n) is 5.45. The number of nitrogens with one attached hydrogen (secondary N) is 1. The van der Waals surface area contributed by atoms with E-state index in [4.69, 9.17) is 5.26 Å². The molecule has 4 heteroatoms. The molecule has 0 saturated carbocycles. The van der Waals surface area contributed by atoms with Crippen LogP contribution in [0.5, 0.6) is 0 Å². The molecule has 15 heavy (non-hydrogen) atoms. The minimum absolute atomic E-state index is 0.00269. The van der Waals surface area contributed by atoms with Gasteiger partial charge in [-0.05, 0) is 25.8 Å². The van der Waals surface area contributed by atoms with E-state index in [1.807, 2.05) is 6.92 Å². The number of amides is 1. The third-order valence-electron chi connectivity index (χ3n) is 3.19. The Morgan fingerprint density at radius 3 is 2.87 bits per heavy atom. The van der Waals surface area contributed by atoms with Crippen LogP contribution in [0.4, 0.5) is 0 Å². The molecule has 84 valence electrons. The average molecular weight is 209 g/mol. The lowest BCUT2D eigenvalue weighted by atomic mass is 10.0. The quantitative estimate of drug-likeness (QED) is 0.746. The molecule has 0 bridgehead atoms. The Balaban J connectivity index is 2.56. The Bertz CT molecular complexity index is 271. The second kappa shape index (κ2) is 5.13. The van der Waals surface area contributed by atoms with Crippen LogP contribution in [0.15, 0.2) is 0 Å². The summed E-state index contributed by atoms with van der Waals surface area (Å²) in [7, 11) is 1.77. The molecule has 1 N–H and O–H groups in total. The zero-order chi connectivity index (χ0) is 11.4. The van der Waals surface area contributed by atoms with E-state index in [0.29, 0.717) is 12.3 Å². The lowest BCUT2D eigenvalue weighted by Gasteiger charge is -2.27. The summed E-state index contributed by atoms with van der Waals surface area (Å²) in [6.07, 6.45) is 1.44. The Morgan fingerprint density at radius 1 is 1.73 bits per heavy atom. The lowest BCUT2D eigenvalue weighted by Crippen LogP contribution is -2.47. The van der Waals surface area contributed by atoms with Crippen molar-refractivity contribution in [2.75, 3.05) is 13.6 Å². The maximum atomic E-state index is 12.0. The largest absolute Gasteiger partial charge is 0.341 e. The van der Waals surface area contributed by atoms with Crippen molar-refractivity contribution >= 4 is 5.91 Å². The molecule has 0 radical (unpaired) electrons. The summed E-state index contributed by atoms with van der Waals surface area (Å²) in [5, 5.41) is 11.8. The summed E-state index contributed by atoms with van der Waals surface area (Å²) in [6, 6.07) is 2.03. The van der Waals surface area contributed by atoms with E-state index in [0.717, 1.165) is 13.0 Å². The zero-order valence-electron chi connectivity index (χ0n) is 9.66. The van der Waals surface area contributed by atoms with Crippen molar-refractivity contribution in [3.8, 4) is 6.07 Å². The SMILES string of the molecule is CC1CCNC1C(=O)N(C)C(C)CC#N. The highest BCUT2D eigenvalue weighted by Crippen LogP contribution is 2.17. The second-order valence-corrected chi connectivity index (χ2v) is 4.36. The van der Waals surface area contributed by atoms with Gasteiger partial charge in [0.2, 0.25) is 5.91 Å². The molecule has 1 aliphatic rings. The molecule has 1 fully saturated rings. The molecular weight excluding hydrogens is 190 g/mol. The highest BCUT2D eigenvalue weighted by Gasteiger charge is 2.32. The Hall–Kier alpha value is -1.08. The van der Waals surface area contributed by atoms with E-state index in [1.54, 1.807) is 11.9 Å². The summed E-state index contributed by atoms with van der Waals surface area (Å²) >= 11 is 0. The van der Waals surface area contributed by atoms with E-state index < -0.39 is 0 Å². The van der Waals surface area contributed by atoms with Crippen molar-refractivity contribution in [3.63, 3.8) is 0 Å². The molecule has 1 saturated heterocycles. The van der Waals surface area contributed by atoms with Crippen molar-refractivity contribution in [2.45, 2.75) is 38.8 Å². The van der Waals surface area contributed by atoms with Crippen molar-refractivity contribution < 1.29 is 4.79 Å². The fraction of sp³-hybridized carbons (Fsp3) is 0.818. The number of hydrogen-bond donors (Lipinski definition) is 1. The monoisotopic (exact) mass is 209 g/mol. The molecule has 4 nitrogen and oxygen atoms in total. The maximum Gasteiger partial charge on any atom is 0.239 e. The number of likely N-dealkylation sites (N-methyl/N-ethyl adjacent to an activating group) is 1. The van der Waals surface area contributed by atoms with Crippen LogP contribution in [0.2, 0.25) is 0 Å². The van der Waals surface area contributed by atoms with Gasteiger partial charge in [-0.3, -0.25) is 4.79 Å². The third-order valence-corrected chi connectivity index (χ3v) is 3.19. The number of carbonyl (C=O) groups excluding carboxylic acids is 1. The molecule has 1 rings (SSSR count). The molecule has 3 unspecified atom stereocenters. The first-order valence-corrected chi connectivity index (χ1v) is 5.45. The van der Waals surface area contributed by atoms with E-state index in [2.05, 4.69) is 18.3 Å². The van der Waals surface area contributed by atoms with Gasteiger partial charge >= 0.3 is 0 Å². The number of nitrogens with zero attached hydrogens (tertiary/aromatic N) is 2. The van der Waals surface area contributed by atoms with Gasteiger partial charge in [0.05, 0.1) is 18.5 Å². The Kier molecular flexibility index (Phi) is 4.10. The van der Waals surface area contributed by atoms with E-state index in [-0.39, 0.29) is 18.0 Å². The van der Waals surface area contributed by atoms with Crippen LogP contribution in [0.25, 0.3) is 0 Å². The molecule has 1 amide bonds. The molecule has 0 aromatic carbocycles. The summed E-state index contributed by atoms with van der Waals surface area (Å²) in [6.45, 7) is 4.91. The van der Waals surface area contributed by atoms with Gasteiger partial charge in [-0.1, -0.05) is 6.92 Å². The molecule has 1 aliphatic heterocycles. The van der Waals surface area contributed by atoms with Gasteiger partial charge in [-0.25, -0.2) is 0 Å². The summed E-state index contributed by atoms with van der Waals surface area (Å²) in [4.78, 5) is 13.7. The lowest BCUT2D eigenvalue weighted by molar-refractivity contribution is -0.134. The predicted molar refractivity (Wildman–Crippen MR) is 58.0 cm³/mol. The van der Waals surface area contributed by atoms with Gasteiger partial charge in [0, 0.05) is 13.1 Å². The number of nitriles is 1.